The molecule has 0 unspecified atom stereocenters. The minimum atomic E-state index is -0.811. The van der Waals surface area contributed by atoms with E-state index < -0.39 is 5.97 Å². The molecule has 1 aliphatic rings. The van der Waals surface area contributed by atoms with Crippen molar-refractivity contribution in [3.63, 3.8) is 0 Å². The topological polar surface area (TPSA) is 94.8 Å². The highest BCUT2D eigenvalue weighted by atomic mass is 16.4. The average molecular weight is 309 g/mol. The van der Waals surface area contributed by atoms with Gasteiger partial charge in [0.15, 0.2) is 0 Å². The smallest absolute Gasteiger partial charge is 0.317 e. The predicted octanol–water partition coefficient (Wildman–Crippen LogP) is 1.06. The van der Waals surface area contributed by atoms with Crippen molar-refractivity contribution in [2.75, 3.05) is 19.6 Å². The number of hydrogen-bond donors (Lipinski definition) is 3. The molecule has 0 bridgehead atoms. The first-order valence-electron chi connectivity index (χ1n) is 7.61. The van der Waals surface area contributed by atoms with Gasteiger partial charge in [-0.05, 0) is 31.5 Å². The van der Waals surface area contributed by atoms with Crippen LogP contribution < -0.4 is 10.6 Å². The first-order chi connectivity index (χ1) is 10.6. The van der Waals surface area contributed by atoms with Crippen molar-refractivity contribution >= 4 is 12.0 Å². The maximum absolute atomic E-state index is 11.7. The molecule has 0 aromatic carbocycles. The highest BCUT2D eigenvalue weighted by Crippen LogP contribution is 2.25. The van der Waals surface area contributed by atoms with Crippen LogP contribution in [-0.4, -0.2) is 53.7 Å². The molecule has 0 aliphatic heterocycles. The van der Waals surface area contributed by atoms with Crippen LogP contribution in [0.25, 0.3) is 0 Å². The van der Waals surface area contributed by atoms with E-state index in [0.29, 0.717) is 19.5 Å². The predicted molar refractivity (Wildman–Crippen MR) is 80.6 cm³/mol. The second-order valence-corrected chi connectivity index (χ2v) is 5.51. The van der Waals surface area contributed by atoms with E-state index in [-0.39, 0.29) is 24.7 Å². The van der Waals surface area contributed by atoms with Gasteiger partial charge >= 0.3 is 12.0 Å². The van der Waals surface area contributed by atoms with Crippen LogP contribution in [0.2, 0.25) is 0 Å². The second-order valence-electron chi connectivity index (χ2n) is 5.51. The number of nitrogens with zero attached hydrogens (tertiary/aromatic N) is 1. The van der Waals surface area contributed by atoms with Crippen LogP contribution in [0.15, 0.2) is 22.8 Å². The number of urea groups is 1. The van der Waals surface area contributed by atoms with E-state index in [1.165, 1.54) is 0 Å². The molecule has 122 valence electrons. The van der Waals surface area contributed by atoms with E-state index in [2.05, 4.69) is 10.6 Å². The third-order valence-corrected chi connectivity index (χ3v) is 3.95. The number of carboxylic acids is 1. The zero-order valence-electron chi connectivity index (χ0n) is 12.7. The number of rotatable bonds is 8. The number of likely N-dealkylation sites (N-methyl/N-ethyl adjacent to an activating group) is 1. The van der Waals surface area contributed by atoms with Gasteiger partial charge in [0.25, 0.3) is 0 Å². The van der Waals surface area contributed by atoms with E-state index in [0.717, 1.165) is 18.6 Å². The Balaban J connectivity index is 1.60. The largest absolute Gasteiger partial charge is 0.480 e. The fraction of sp³-hybridized carbons (Fsp3) is 0.600. The quantitative estimate of drug-likeness (QED) is 0.667. The molecular formula is C15H23N3O4. The molecule has 0 saturated heterocycles. The lowest BCUT2D eigenvalue weighted by atomic mass is 9.85. The van der Waals surface area contributed by atoms with Crippen molar-refractivity contribution in [1.29, 1.82) is 0 Å². The molecule has 2 rings (SSSR count). The zero-order valence-corrected chi connectivity index (χ0v) is 12.7. The molecule has 7 heteroatoms. The highest BCUT2D eigenvalue weighted by molar-refractivity contribution is 5.74. The van der Waals surface area contributed by atoms with Crippen molar-refractivity contribution in [2.45, 2.75) is 38.3 Å². The number of furan rings is 1. The summed E-state index contributed by atoms with van der Waals surface area (Å²) in [5.41, 5.74) is 0. The Morgan fingerprint density at radius 1 is 1.45 bits per heavy atom. The third-order valence-electron chi connectivity index (χ3n) is 3.95. The van der Waals surface area contributed by atoms with Crippen LogP contribution in [0.4, 0.5) is 4.79 Å². The van der Waals surface area contributed by atoms with E-state index in [1.54, 1.807) is 6.26 Å². The molecule has 1 aromatic heterocycles. The Bertz CT molecular complexity index is 483. The first kappa shape index (κ1) is 16.4. The monoisotopic (exact) mass is 309 g/mol. The SMILES string of the molecule is CCN(CC(=O)O)C1CC(NC(=O)NCCc2ccco2)C1. The van der Waals surface area contributed by atoms with Crippen LogP contribution in [0.5, 0.6) is 0 Å². The van der Waals surface area contributed by atoms with Crippen LogP contribution >= 0.6 is 0 Å². The van der Waals surface area contributed by atoms with E-state index >= 15 is 0 Å². The molecule has 1 aromatic rings. The van der Waals surface area contributed by atoms with Gasteiger partial charge in [0, 0.05) is 25.0 Å². The number of aliphatic carboxylic acids is 1. The fourth-order valence-corrected chi connectivity index (χ4v) is 2.67. The molecule has 1 heterocycles. The fourth-order valence-electron chi connectivity index (χ4n) is 2.67. The number of hydrogen-bond acceptors (Lipinski definition) is 4. The summed E-state index contributed by atoms with van der Waals surface area (Å²) in [6, 6.07) is 3.88. The molecule has 22 heavy (non-hydrogen) atoms. The minimum Gasteiger partial charge on any atom is -0.480 e. The Morgan fingerprint density at radius 2 is 2.23 bits per heavy atom. The summed E-state index contributed by atoms with van der Waals surface area (Å²) in [5, 5.41) is 14.5. The Labute approximate surface area is 129 Å². The van der Waals surface area contributed by atoms with Crippen molar-refractivity contribution < 1.29 is 19.1 Å². The lowest BCUT2D eigenvalue weighted by molar-refractivity contribution is -0.139. The molecule has 7 nitrogen and oxygen atoms in total. The summed E-state index contributed by atoms with van der Waals surface area (Å²) in [4.78, 5) is 24.4. The Morgan fingerprint density at radius 3 is 2.82 bits per heavy atom. The maximum atomic E-state index is 11.7. The Kier molecular flexibility index (Phi) is 5.83. The number of nitrogens with one attached hydrogen (secondary N) is 2. The lowest BCUT2D eigenvalue weighted by Crippen LogP contribution is -2.56. The summed E-state index contributed by atoms with van der Waals surface area (Å²) >= 11 is 0. The molecule has 0 atom stereocenters. The van der Waals surface area contributed by atoms with Crippen LogP contribution in [-0.2, 0) is 11.2 Å². The lowest BCUT2D eigenvalue weighted by Gasteiger charge is -2.42. The maximum Gasteiger partial charge on any atom is 0.317 e. The van der Waals surface area contributed by atoms with Gasteiger partial charge in [-0.25, -0.2) is 4.79 Å². The minimum absolute atomic E-state index is 0.0588. The van der Waals surface area contributed by atoms with Gasteiger partial charge in [0.2, 0.25) is 0 Å². The van der Waals surface area contributed by atoms with Gasteiger partial charge in [-0.3, -0.25) is 9.69 Å². The molecule has 1 fully saturated rings. The molecule has 3 N–H and O–H groups in total. The van der Waals surface area contributed by atoms with Gasteiger partial charge in [-0.15, -0.1) is 0 Å². The van der Waals surface area contributed by atoms with Gasteiger partial charge in [0.1, 0.15) is 5.76 Å². The molecule has 1 aliphatic carbocycles. The molecule has 0 spiro atoms. The van der Waals surface area contributed by atoms with E-state index in [9.17, 15) is 9.59 Å². The van der Waals surface area contributed by atoms with Crippen molar-refractivity contribution in [1.82, 2.24) is 15.5 Å². The number of carbonyl (C=O) groups is 2. The average Bonchev–Trinajstić information content (AvgIpc) is 2.93. The second kappa shape index (κ2) is 7.84. The van der Waals surface area contributed by atoms with Gasteiger partial charge in [-0.2, -0.15) is 0 Å². The van der Waals surface area contributed by atoms with Gasteiger partial charge in [-0.1, -0.05) is 6.92 Å². The van der Waals surface area contributed by atoms with Crippen LogP contribution in [0.1, 0.15) is 25.5 Å². The normalized spacial score (nSPS) is 20.5. The summed E-state index contributed by atoms with van der Waals surface area (Å²) in [6.07, 6.45) is 3.87. The van der Waals surface area contributed by atoms with E-state index in [1.807, 2.05) is 24.0 Å². The van der Waals surface area contributed by atoms with Gasteiger partial charge in [0.05, 0.1) is 12.8 Å². The summed E-state index contributed by atoms with van der Waals surface area (Å²) in [7, 11) is 0. The van der Waals surface area contributed by atoms with Crippen LogP contribution in [0.3, 0.4) is 0 Å². The highest BCUT2D eigenvalue weighted by Gasteiger charge is 2.34. The number of carbonyl (C=O) groups excluding carboxylic acids is 1. The number of amides is 2. The molecule has 0 radical (unpaired) electrons. The summed E-state index contributed by atoms with van der Waals surface area (Å²) in [6.45, 7) is 3.24. The van der Waals surface area contributed by atoms with Crippen molar-refractivity contribution in [2.24, 2.45) is 0 Å². The molecule has 1 saturated carbocycles. The molecule has 2 amide bonds. The van der Waals surface area contributed by atoms with Gasteiger partial charge < -0.3 is 20.2 Å². The van der Waals surface area contributed by atoms with Crippen molar-refractivity contribution in [3.05, 3.63) is 24.2 Å². The summed E-state index contributed by atoms with van der Waals surface area (Å²) in [5.74, 6) is 0.0326. The Hall–Kier alpha value is -2.02. The zero-order chi connectivity index (χ0) is 15.9. The van der Waals surface area contributed by atoms with Crippen LogP contribution in [0, 0.1) is 0 Å². The standard InChI is InChI=1S/C15H23N3O4/c1-2-18(10-14(19)20)12-8-11(9-12)17-15(21)16-6-5-13-4-3-7-22-13/h3-4,7,11-12H,2,5-6,8-10H2,1H3,(H,19,20)(H2,16,17,21). The van der Waals surface area contributed by atoms with E-state index in [4.69, 9.17) is 9.52 Å². The first-order valence-corrected chi connectivity index (χ1v) is 7.61. The third kappa shape index (κ3) is 4.77. The number of carboxylic acid groups (broad SMARTS) is 1. The molecular weight excluding hydrogens is 286 g/mol. The van der Waals surface area contributed by atoms with Crippen molar-refractivity contribution in [3.8, 4) is 0 Å². The summed E-state index contributed by atoms with van der Waals surface area (Å²) < 4.78 is 5.19.